The highest BCUT2D eigenvalue weighted by atomic mass is 35.5. The molecule has 14 nitrogen and oxygen atoms in total. The second kappa shape index (κ2) is 23.5. The summed E-state index contributed by atoms with van der Waals surface area (Å²) in [5, 5.41) is 27.5. The highest BCUT2D eigenvalue weighted by Gasteiger charge is 2.31. The van der Waals surface area contributed by atoms with Crippen LogP contribution in [0, 0.1) is 0 Å². The van der Waals surface area contributed by atoms with E-state index >= 15 is 0 Å². The first-order valence-corrected chi connectivity index (χ1v) is 19.9. The third-order valence-electron chi connectivity index (χ3n) is 5.34. The first-order chi connectivity index (χ1) is 24.7. The van der Waals surface area contributed by atoms with Gasteiger partial charge in [0.25, 0.3) is 0 Å². The lowest BCUT2D eigenvalue weighted by atomic mass is 10.2. The van der Waals surface area contributed by atoms with Crippen molar-refractivity contribution in [2.24, 2.45) is 0 Å². The van der Waals surface area contributed by atoms with Crippen LogP contribution in [0.15, 0.2) is 48.5 Å². The topological polar surface area (TPSA) is 229 Å². The number of esters is 1. The SMILES string of the molecule is COc1c(Cl)ccc(Cl)c1C(=O)O.C[C@H](OC(=O)c1cc(Oc2ccc(C(F)(F)F)cc2Cl)ccc1Cl)C(=O)O.C[S+](C)C.O=C(O)CNCP(=O)([O-])O. The van der Waals surface area contributed by atoms with Crippen LogP contribution in [0.25, 0.3) is 0 Å². The quantitative estimate of drug-likeness (QED) is 0.0759. The second-order valence-electron chi connectivity index (χ2n) is 10.4. The lowest BCUT2D eigenvalue weighted by Crippen LogP contribution is -2.25. The highest BCUT2D eigenvalue weighted by molar-refractivity contribution is 7.94. The van der Waals surface area contributed by atoms with Gasteiger partial charge in [0.2, 0.25) is 0 Å². The highest BCUT2D eigenvalue weighted by Crippen LogP contribution is 2.37. The standard InChI is InChI=1S/C17H11Cl2F3O5.C8H6Cl2O3.C3H8NO5P.C3H9S/c1-8(15(23)24)26-16(25)11-7-10(3-4-12(11)18)27-14-5-2-9(6-13(14)19)17(20,21)22;1-13-7-5(10)3-2-4(9)6(7)8(11)12;5-3(6)1-4-2-10(7,8)9;1-4(2)3/h2-8H,1H3,(H,23,24);2-3H,1H3,(H,11,12);4H,1-2H2,(H,5,6)(H2,7,8,9);1-3H3/q;;;+1/p-1/t8-;;;/m0.../s1. The Morgan fingerprint density at radius 2 is 1.44 bits per heavy atom. The maximum atomic E-state index is 12.7. The molecule has 0 aliphatic carbocycles. The van der Waals surface area contributed by atoms with Crippen molar-refractivity contribution >= 4 is 88.8 Å². The number of aliphatic carboxylic acids is 2. The Balaban J connectivity index is 0.000000858. The summed E-state index contributed by atoms with van der Waals surface area (Å²) in [4.78, 5) is 61.3. The normalized spacial score (nSPS) is 12.2. The van der Waals surface area contributed by atoms with E-state index in [0.29, 0.717) is 17.0 Å². The lowest BCUT2D eigenvalue weighted by molar-refractivity contribution is -0.193. The average molecular weight is 889 g/mol. The molecule has 0 aliphatic heterocycles. The van der Waals surface area contributed by atoms with Gasteiger partial charge in [-0.25, -0.2) is 14.4 Å². The number of methoxy groups -OCH3 is 1. The summed E-state index contributed by atoms with van der Waals surface area (Å²) in [6.45, 7) is 0.684. The molecule has 54 heavy (non-hydrogen) atoms. The summed E-state index contributed by atoms with van der Waals surface area (Å²) in [5.41, 5.74) is -1.23. The molecule has 0 aromatic heterocycles. The van der Waals surface area contributed by atoms with Crippen LogP contribution in [0.1, 0.15) is 33.2 Å². The first kappa shape index (κ1) is 50.6. The van der Waals surface area contributed by atoms with Crippen molar-refractivity contribution < 1.29 is 76.2 Å². The molecule has 0 saturated carbocycles. The van der Waals surface area contributed by atoms with Crippen molar-refractivity contribution in [3.63, 3.8) is 0 Å². The fraction of sp³-hybridized carbons (Fsp3) is 0.290. The van der Waals surface area contributed by atoms with E-state index in [0.717, 1.165) is 25.1 Å². The van der Waals surface area contributed by atoms with Crippen molar-refractivity contribution in [1.82, 2.24) is 5.32 Å². The Morgan fingerprint density at radius 3 is 1.87 bits per heavy atom. The number of carboxylic acid groups (broad SMARTS) is 3. The summed E-state index contributed by atoms with van der Waals surface area (Å²) >= 11 is 23.1. The molecular weight excluding hydrogens is 856 g/mol. The van der Waals surface area contributed by atoms with E-state index in [1.807, 2.05) is 5.32 Å². The molecule has 0 radical (unpaired) electrons. The minimum Gasteiger partial charge on any atom is -0.778 e. The van der Waals surface area contributed by atoms with Crippen molar-refractivity contribution in [2.45, 2.75) is 19.2 Å². The molecule has 0 bridgehead atoms. The van der Waals surface area contributed by atoms with Crippen molar-refractivity contribution in [2.75, 3.05) is 38.7 Å². The maximum absolute atomic E-state index is 12.7. The van der Waals surface area contributed by atoms with Crippen LogP contribution in [0.2, 0.25) is 20.1 Å². The van der Waals surface area contributed by atoms with Gasteiger partial charge in [-0.2, -0.15) is 13.2 Å². The van der Waals surface area contributed by atoms with Gasteiger partial charge >= 0.3 is 30.1 Å². The van der Waals surface area contributed by atoms with E-state index in [1.165, 1.54) is 31.4 Å². The van der Waals surface area contributed by atoms with Gasteiger partial charge < -0.3 is 43.9 Å². The molecule has 0 amide bonds. The average Bonchev–Trinajstić information content (AvgIpc) is 3.02. The smallest absolute Gasteiger partial charge is 0.416 e. The minimum absolute atomic E-state index is 0.0246. The minimum atomic E-state index is -4.56. The number of carbonyl (C=O) groups is 4. The van der Waals surface area contributed by atoms with Crippen LogP contribution in [-0.2, 0) is 36.0 Å². The van der Waals surface area contributed by atoms with Crippen LogP contribution in [0.4, 0.5) is 13.2 Å². The van der Waals surface area contributed by atoms with Gasteiger partial charge in [-0.1, -0.05) is 46.4 Å². The number of carbonyl (C=O) groups excluding carboxylic acids is 1. The molecule has 2 atom stereocenters. The number of ether oxygens (including phenoxy) is 3. The summed E-state index contributed by atoms with van der Waals surface area (Å²) in [6.07, 6.45) is -0.0815. The van der Waals surface area contributed by atoms with E-state index < -0.39 is 62.1 Å². The summed E-state index contributed by atoms with van der Waals surface area (Å²) in [6, 6.07) is 9.23. The number of hydrogen-bond acceptors (Lipinski definition) is 10. The molecule has 3 rings (SSSR count). The van der Waals surface area contributed by atoms with Crippen LogP contribution >= 0.6 is 54.0 Å². The monoisotopic (exact) mass is 887 g/mol. The number of hydrogen-bond donors (Lipinski definition) is 5. The van der Waals surface area contributed by atoms with Crippen LogP contribution in [-0.4, -0.2) is 88.9 Å². The van der Waals surface area contributed by atoms with Crippen molar-refractivity contribution in [1.29, 1.82) is 0 Å². The Morgan fingerprint density at radius 1 is 0.907 bits per heavy atom. The van der Waals surface area contributed by atoms with Gasteiger partial charge in [0.15, 0.2) is 11.9 Å². The van der Waals surface area contributed by atoms with E-state index in [9.17, 15) is 41.8 Å². The molecule has 3 aromatic rings. The number of carboxylic acids is 3. The van der Waals surface area contributed by atoms with E-state index in [-0.39, 0.29) is 48.5 Å². The second-order valence-corrected chi connectivity index (χ2v) is 16.0. The zero-order valence-corrected chi connectivity index (χ0v) is 33.3. The van der Waals surface area contributed by atoms with Gasteiger partial charge in [0.05, 0.1) is 69.9 Å². The molecular formula is C31H33Cl4F3NO13PS. The fourth-order valence-corrected chi connectivity index (χ4v) is 4.39. The van der Waals surface area contributed by atoms with Gasteiger partial charge in [-0.05, 0) is 66.3 Å². The molecule has 5 N–H and O–H groups in total. The van der Waals surface area contributed by atoms with Gasteiger partial charge in [0, 0.05) is 0 Å². The molecule has 0 spiro atoms. The third-order valence-corrected chi connectivity index (χ3v) is 7.20. The molecule has 300 valence electrons. The Kier molecular flexibility index (Phi) is 22.0. The number of rotatable bonds is 11. The molecule has 23 heteroatoms. The van der Waals surface area contributed by atoms with Crippen LogP contribution in [0.5, 0.6) is 17.2 Å². The summed E-state index contributed by atoms with van der Waals surface area (Å²) in [5.74, 6) is -4.64. The number of nitrogens with one attached hydrogen (secondary N) is 1. The zero-order chi connectivity index (χ0) is 42.1. The molecule has 0 fully saturated rings. The third kappa shape index (κ3) is 19.8. The molecule has 0 aliphatic rings. The van der Waals surface area contributed by atoms with Gasteiger partial charge in [-0.3, -0.25) is 10.1 Å². The van der Waals surface area contributed by atoms with E-state index in [1.54, 1.807) is 0 Å². The Labute approximate surface area is 329 Å². The lowest BCUT2D eigenvalue weighted by Gasteiger charge is -2.14. The van der Waals surface area contributed by atoms with Crippen molar-refractivity contribution in [3.05, 3.63) is 85.3 Å². The molecule has 0 heterocycles. The van der Waals surface area contributed by atoms with Crippen LogP contribution < -0.4 is 19.7 Å². The molecule has 3 aromatic carbocycles. The largest absolute Gasteiger partial charge is 0.778 e. The van der Waals surface area contributed by atoms with E-state index in [2.05, 4.69) is 18.8 Å². The predicted molar refractivity (Wildman–Crippen MR) is 196 cm³/mol. The fourth-order valence-electron chi connectivity index (χ4n) is 3.12. The number of benzene rings is 3. The Hall–Kier alpha value is -3.45. The van der Waals surface area contributed by atoms with Crippen molar-refractivity contribution in [3.8, 4) is 17.2 Å². The predicted octanol–water partition coefficient (Wildman–Crippen LogP) is 6.79. The molecule has 1 unspecified atom stereocenters. The number of aromatic carboxylic acids is 1. The van der Waals surface area contributed by atoms with Gasteiger partial charge in [0.1, 0.15) is 24.7 Å². The zero-order valence-electron chi connectivity index (χ0n) is 28.6. The summed E-state index contributed by atoms with van der Waals surface area (Å²) < 4.78 is 62.9. The first-order valence-electron chi connectivity index (χ1n) is 14.2. The summed E-state index contributed by atoms with van der Waals surface area (Å²) in [7, 11) is -2.37. The number of halogens is 7. The van der Waals surface area contributed by atoms with Crippen LogP contribution in [0.3, 0.4) is 0 Å². The van der Waals surface area contributed by atoms with Gasteiger partial charge in [-0.15, -0.1) is 0 Å². The number of alkyl halides is 3. The van der Waals surface area contributed by atoms with E-state index in [4.69, 9.17) is 80.8 Å². The Bertz CT molecular complexity index is 1810. The maximum Gasteiger partial charge on any atom is 0.416 e. The molecule has 0 saturated heterocycles.